The van der Waals surface area contributed by atoms with E-state index < -0.39 is 28.9 Å². The fraction of sp³-hybridized carbons (Fsp3) is 0.533. The fourth-order valence-corrected chi connectivity index (χ4v) is 3.07. The van der Waals surface area contributed by atoms with Crippen LogP contribution in [0.15, 0.2) is 12.1 Å². The number of carbonyl (C=O) groups excluding carboxylic acids is 1. The number of ether oxygens (including phenoxy) is 1. The molecule has 1 aromatic rings. The first-order valence-electron chi connectivity index (χ1n) is 7.17. The van der Waals surface area contributed by atoms with E-state index in [-0.39, 0.29) is 12.0 Å². The summed E-state index contributed by atoms with van der Waals surface area (Å²) in [7, 11) is 1.96. The van der Waals surface area contributed by atoms with Gasteiger partial charge in [0.25, 0.3) is 5.91 Å². The van der Waals surface area contributed by atoms with Gasteiger partial charge in [0.2, 0.25) is 0 Å². The van der Waals surface area contributed by atoms with Crippen LogP contribution >= 0.6 is 0 Å². The third kappa shape index (κ3) is 2.83. The first kappa shape index (κ1) is 15.3. The molecule has 0 saturated carbocycles. The van der Waals surface area contributed by atoms with E-state index in [4.69, 9.17) is 4.74 Å². The fourth-order valence-electron chi connectivity index (χ4n) is 3.07. The number of nitrogens with zero attached hydrogens (tertiary/aromatic N) is 2. The van der Waals surface area contributed by atoms with Gasteiger partial charge >= 0.3 is 0 Å². The average Bonchev–Trinajstić information content (AvgIpc) is 2.70. The Bertz CT molecular complexity index is 596. The number of amides is 1. The van der Waals surface area contributed by atoms with Gasteiger partial charge in [-0.2, -0.15) is 0 Å². The third-order valence-electron chi connectivity index (χ3n) is 4.27. The quantitative estimate of drug-likeness (QED) is 0.737. The summed E-state index contributed by atoms with van der Waals surface area (Å²) >= 11 is 0. The summed E-state index contributed by atoms with van der Waals surface area (Å²) < 4.78 is 45.7. The summed E-state index contributed by atoms with van der Waals surface area (Å²) in [6, 6.07) is 1.06. The Hall–Kier alpha value is -1.60. The first-order chi connectivity index (χ1) is 10.5. The summed E-state index contributed by atoms with van der Waals surface area (Å²) in [5, 5.41) is 0. The molecule has 2 bridgehead atoms. The van der Waals surface area contributed by atoms with Crippen LogP contribution in [-0.2, 0) is 4.74 Å². The summed E-state index contributed by atoms with van der Waals surface area (Å²) in [5.41, 5.74) is -0.428. The molecule has 4 nitrogen and oxygen atoms in total. The monoisotopic (exact) mass is 314 g/mol. The summed E-state index contributed by atoms with van der Waals surface area (Å²) in [4.78, 5) is 16.1. The number of hydrogen-bond acceptors (Lipinski definition) is 3. The molecule has 0 radical (unpaired) electrons. The molecule has 2 atom stereocenters. The van der Waals surface area contributed by atoms with Gasteiger partial charge in [0.05, 0.1) is 24.8 Å². The Balaban J connectivity index is 1.87. The van der Waals surface area contributed by atoms with Crippen molar-refractivity contribution in [1.82, 2.24) is 9.80 Å². The molecule has 0 spiro atoms. The van der Waals surface area contributed by atoms with E-state index in [1.54, 1.807) is 0 Å². The maximum atomic E-state index is 13.8. The lowest BCUT2D eigenvalue weighted by Gasteiger charge is -2.30. The molecule has 22 heavy (non-hydrogen) atoms. The SMILES string of the molecule is CN1C[C@H]2COC[C@@H]1CN(C(=O)c1cc(F)c(F)cc1F)C2. The molecule has 2 aliphatic rings. The predicted molar refractivity (Wildman–Crippen MR) is 72.9 cm³/mol. The maximum absolute atomic E-state index is 13.8. The van der Waals surface area contributed by atoms with Gasteiger partial charge in [-0.15, -0.1) is 0 Å². The van der Waals surface area contributed by atoms with Crippen molar-refractivity contribution in [3.63, 3.8) is 0 Å². The molecule has 2 heterocycles. The summed E-state index contributed by atoms with van der Waals surface area (Å²) in [6.07, 6.45) is 0. The molecule has 1 amide bonds. The largest absolute Gasteiger partial charge is 0.379 e. The number of hydrogen-bond donors (Lipinski definition) is 0. The van der Waals surface area contributed by atoms with Gasteiger partial charge < -0.3 is 9.64 Å². The van der Waals surface area contributed by atoms with Crippen molar-refractivity contribution >= 4 is 5.91 Å². The van der Waals surface area contributed by atoms with Crippen LogP contribution in [0.1, 0.15) is 10.4 Å². The lowest BCUT2D eigenvalue weighted by atomic mass is 10.1. The van der Waals surface area contributed by atoms with E-state index >= 15 is 0 Å². The van der Waals surface area contributed by atoms with E-state index in [1.165, 1.54) is 4.90 Å². The zero-order valence-electron chi connectivity index (χ0n) is 12.2. The van der Waals surface area contributed by atoms with Crippen molar-refractivity contribution in [2.45, 2.75) is 6.04 Å². The molecule has 0 aromatic heterocycles. The van der Waals surface area contributed by atoms with Crippen LogP contribution in [0.4, 0.5) is 13.2 Å². The molecule has 3 rings (SSSR count). The average molecular weight is 314 g/mol. The number of likely N-dealkylation sites (N-methyl/N-ethyl adjacent to an activating group) is 1. The third-order valence-corrected chi connectivity index (χ3v) is 4.27. The molecule has 0 aliphatic carbocycles. The predicted octanol–water partition coefficient (Wildman–Crippen LogP) is 1.51. The second kappa shape index (κ2) is 5.89. The highest BCUT2D eigenvalue weighted by molar-refractivity contribution is 5.94. The highest BCUT2D eigenvalue weighted by Gasteiger charge is 2.34. The normalized spacial score (nSPS) is 25.9. The Kier molecular flexibility index (Phi) is 4.10. The molecule has 1 aromatic carbocycles. The van der Waals surface area contributed by atoms with Crippen LogP contribution < -0.4 is 0 Å². The molecular formula is C15H17F3N2O2. The zero-order chi connectivity index (χ0) is 15.9. The van der Waals surface area contributed by atoms with Crippen molar-refractivity contribution in [2.24, 2.45) is 5.92 Å². The summed E-state index contributed by atoms with van der Waals surface area (Å²) in [5.74, 6) is -4.04. The van der Waals surface area contributed by atoms with Crippen LogP contribution in [0.2, 0.25) is 0 Å². The number of carbonyl (C=O) groups is 1. The Morgan fingerprint density at radius 3 is 2.59 bits per heavy atom. The number of halogens is 3. The van der Waals surface area contributed by atoms with Gasteiger partial charge in [-0.1, -0.05) is 0 Å². The number of fused-ring (bicyclic) bond motifs is 3. The van der Waals surface area contributed by atoms with E-state index in [2.05, 4.69) is 4.90 Å². The van der Waals surface area contributed by atoms with E-state index in [0.29, 0.717) is 38.4 Å². The van der Waals surface area contributed by atoms with Crippen LogP contribution in [0.3, 0.4) is 0 Å². The van der Waals surface area contributed by atoms with Crippen molar-refractivity contribution in [3.8, 4) is 0 Å². The van der Waals surface area contributed by atoms with Crippen molar-refractivity contribution in [1.29, 1.82) is 0 Å². The Morgan fingerprint density at radius 2 is 1.82 bits per heavy atom. The topological polar surface area (TPSA) is 32.8 Å². The minimum atomic E-state index is -1.30. The molecule has 0 N–H and O–H groups in total. The van der Waals surface area contributed by atoms with Gasteiger partial charge in [0.1, 0.15) is 5.82 Å². The van der Waals surface area contributed by atoms with Gasteiger partial charge in [0, 0.05) is 31.6 Å². The van der Waals surface area contributed by atoms with Gasteiger partial charge in [0.15, 0.2) is 11.6 Å². The molecule has 0 unspecified atom stereocenters. The molecule has 2 saturated heterocycles. The van der Waals surface area contributed by atoms with Crippen LogP contribution in [-0.4, -0.2) is 61.6 Å². The van der Waals surface area contributed by atoms with Gasteiger partial charge in [-0.05, 0) is 13.1 Å². The minimum Gasteiger partial charge on any atom is -0.379 e. The Morgan fingerprint density at radius 1 is 1.09 bits per heavy atom. The van der Waals surface area contributed by atoms with E-state index in [1.807, 2.05) is 7.05 Å². The van der Waals surface area contributed by atoms with Crippen LogP contribution in [0.25, 0.3) is 0 Å². The summed E-state index contributed by atoms with van der Waals surface area (Å²) in [6.45, 7) is 2.61. The maximum Gasteiger partial charge on any atom is 0.257 e. The number of benzene rings is 1. The van der Waals surface area contributed by atoms with E-state index in [9.17, 15) is 18.0 Å². The first-order valence-corrected chi connectivity index (χ1v) is 7.17. The molecule has 120 valence electrons. The zero-order valence-corrected chi connectivity index (χ0v) is 12.2. The second-order valence-corrected chi connectivity index (χ2v) is 5.95. The van der Waals surface area contributed by atoms with Crippen molar-refractivity contribution in [2.75, 3.05) is 39.9 Å². The number of rotatable bonds is 1. The van der Waals surface area contributed by atoms with Gasteiger partial charge in [-0.3, -0.25) is 9.69 Å². The second-order valence-electron chi connectivity index (χ2n) is 5.95. The Labute approximate surface area is 126 Å². The molecule has 2 aliphatic heterocycles. The molecule has 7 heteroatoms. The standard InChI is InChI=1S/C15H17F3N2O2/c1-19-4-9-5-20(6-10(19)8-22-7-9)15(21)11-2-13(17)14(18)3-12(11)16/h2-3,9-10H,4-8H2,1H3/t9-,10+/m1/s1. The van der Waals surface area contributed by atoms with Crippen molar-refractivity contribution in [3.05, 3.63) is 35.1 Å². The van der Waals surface area contributed by atoms with Crippen LogP contribution in [0.5, 0.6) is 0 Å². The lowest BCUT2D eigenvalue weighted by molar-refractivity contribution is 0.0430. The highest BCUT2D eigenvalue weighted by Crippen LogP contribution is 2.22. The van der Waals surface area contributed by atoms with Crippen LogP contribution in [0, 0.1) is 23.4 Å². The highest BCUT2D eigenvalue weighted by atomic mass is 19.2. The lowest BCUT2D eigenvalue weighted by Crippen LogP contribution is -2.45. The van der Waals surface area contributed by atoms with Crippen molar-refractivity contribution < 1.29 is 22.7 Å². The minimum absolute atomic E-state index is 0.0183. The molecular weight excluding hydrogens is 297 g/mol. The molecule has 2 fully saturated rings. The smallest absolute Gasteiger partial charge is 0.257 e. The van der Waals surface area contributed by atoms with E-state index in [0.717, 1.165) is 6.54 Å². The van der Waals surface area contributed by atoms with Gasteiger partial charge in [-0.25, -0.2) is 13.2 Å².